The van der Waals surface area contributed by atoms with Gasteiger partial charge < -0.3 is 5.32 Å². The maximum atomic E-state index is 12.2. The first kappa shape index (κ1) is 16.4. The Labute approximate surface area is 158 Å². The molecule has 4 rings (SSSR count). The molecule has 0 aliphatic heterocycles. The van der Waals surface area contributed by atoms with Crippen molar-refractivity contribution in [2.75, 3.05) is 5.32 Å². The Morgan fingerprint density at radius 1 is 1.00 bits per heavy atom. The van der Waals surface area contributed by atoms with Crippen molar-refractivity contribution in [3.05, 3.63) is 77.0 Å². The maximum absolute atomic E-state index is 12.2. The second-order valence-electron chi connectivity index (χ2n) is 5.78. The second kappa shape index (κ2) is 7.05. The molecule has 26 heavy (non-hydrogen) atoms. The van der Waals surface area contributed by atoms with Crippen molar-refractivity contribution in [3.8, 4) is 11.3 Å². The molecular formula is C19H14BrN5O. The molecule has 0 fully saturated rings. The van der Waals surface area contributed by atoms with Gasteiger partial charge in [0.2, 0.25) is 5.91 Å². The Bertz CT molecular complexity index is 1060. The van der Waals surface area contributed by atoms with Crippen molar-refractivity contribution in [3.63, 3.8) is 0 Å². The minimum Gasteiger partial charge on any atom is -0.326 e. The fourth-order valence-electron chi connectivity index (χ4n) is 2.60. The number of hydrogen-bond acceptors (Lipinski definition) is 4. The summed E-state index contributed by atoms with van der Waals surface area (Å²) in [4.78, 5) is 12.2. The zero-order chi connectivity index (χ0) is 17.9. The molecular weight excluding hydrogens is 394 g/mol. The Kier molecular flexibility index (Phi) is 4.45. The molecule has 1 N–H and O–H groups in total. The summed E-state index contributed by atoms with van der Waals surface area (Å²) in [6, 6.07) is 19.1. The Hall–Kier alpha value is -3.06. The molecule has 2 aromatic heterocycles. The zero-order valence-electron chi connectivity index (χ0n) is 13.6. The topological polar surface area (TPSA) is 72.2 Å². The summed E-state index contributed by atoms with van der Waals surface area (Å²) in [5, 5.41) is 15.1. The fourth-order valence-corrected chi connectivity index (χ4v) is 2.86. The number of hydrogen-bond donors (Lipinski definition) is 1. The molecule has 7 heteroatoms. The summed E-state index contributed by atoms with van der Waals surface area (Å²) < 4.78 is 2.62. The van der Waals surface area contributed by atoms with E-state index in [2.05, 4.69) is 36.5 Å². The minimum atomic E-state index is -0.0518. The summed E-state index contributed by atoms with van der Waals surface area (Å²) in [6.07, 6.45) is 1.90. The van der Waals surface area contributed by atoms with Gasteiger partial charge in [-0.2, -0.15) is 9.61 Å². The number of benzene rings is 2. The van der Waals surface area contributed by atoms with Crippen LogP contribution in [0.1, 0.15) is 5.56 Å². The van der Waals surface area contributed by atoms with Crippen molar-refractivity contribution < 1.29 is 4.79 Å². The van der Waals surface area contributed by atoms with E-state index >= 15 is 0 Å². The summed E-state index contributed by atoms with van der Waals surface area (Å²) in [7, 11) is 0. The van der Waals surface area contributed by atoms with Crippen LogP contribution in [0.3, 0.4) is 0 Å². The summed E-state index contributed by atoms with van der Waals surface area (Å²) in [5.41, 5.74) is 4.18. The van der Waals surface area contributed by atoms with E-state index in [1.807, 2.05) is 60.7 Å². The number of fused-ring (bicyclic) bond motifs is 1. The lowest BCUT2D eigenvalue weighted by Gasteiger charge is -2.07. The van der Waals surface area contributed by atoms with Crippen molar-refractivity contribution in [1.29, 1.82) is 0 Å². The first-order valence-electron chi connectivity index (χ1n) is 7.99. The minimum absolute atomic E-state index is 0.0518. The molecule has 0 saturated heterocycles. The van der Waals surface area contributed by atoms with E-state index in [0.29, 0.717) is 12.1 Å². The molecule has 0 spiro atoms. The monoisotopic (exact) mass is 407 g/mol. The molecule has 0 aliphatic carbocycles. The van der Waals surface area contributed by atoms with Crippen LogP contribution in [0.4, 0.5) is 5.69 Å². The predicted octanol–water partition coefficient (Wildman–Crippen LogP) is 3.74. The van der Waals surface area contributed by atoms with Crippen LogP contribution < -0.4 is 5.32 Å². The highest BCUT2D eigenvalue weighted by atomic mass is 79.9. The fraction of sp³-hybridized carbons (Fsp3) is 0.0526. The standard InChI is InChI=1S/C19H14BrN5O/c20-15-5-1-13(2-6-15)11-19(26)22-16-7-3-14(4-8-16)17-9-10-18-23-21-12-25(18)24-17/h1-10,12H,11H2,(H,22,26). The molecule has 128 valence electrons. The average molecular weight is 408 g/mol. The number of halogens is 1. The van der Waals surface area contributed by atoms with E-state index in [-0.39, 0.29) is 5.91 Å². The van der Waals surface area contributed by atoms with Crippen molar-refractivity contribution in [2.24, 2.45) is 0 Å². The molecule has 0 unspecified atom stereocenters. The largest absolute Gasteiger partial charge is 0.326 e. The number of rotatable bonds is 4. The van der Waals surface area contributed by atoms with Crippen LogP contribution in [0.15, 0.2) is 71.5 Å². The summed E-state index contributed by atoms with van der Waals surface area (Å²) >= 11 is 3.39. The van der Waals surface area contributed by atoms with E-state index in [9.17, 15) is 4.79 Å². The number of aromatic nitrogens is 4. The molecule has 0 atom stereocenters. The van der Waals surface area contributed by atoms with Crippen LogP contribution >= 0.6 is 15.9 Å². The van der Waals surface area contributed by atoms with Crippen molar-refractivity contribution in [1.82, 2.24) is 19.8 Å². The van der Waals surface area contributed by atoms with Gasteiger partial charge in [-0.3, -0.25) is 4.79 Å². The first-order valence-corrected chi connectivity index (χ1v) is 8.78. The Morgan fingerprint density at radius 3 is 2.54 bits per heavy atom. The maximum Gasteiger partial charge on any atom is 0.228 e. The molecule has 0 bridgehead atoms. The molecule has 6 nitrogen and oxygen atoms in total. The van der Waals surface area contributed by atoms with E-state index < -0.39 is 0 Å². The smallest absolute Gasteiger partial charge is 0.228 e. The van der Waals surface area contributed by atoms with E-state index in [1.54, 1.807) is 10.8 Å². The van der Waals surface area contributed by atoms with E-state index in [0.717, 1.165) is 27.0 Å². The van der Waals surface area contributed by atoms with Gasteiger partial charge in [-0.05, 0) is 42.0 Å². The van der Waals surface area contributed by atoms with E-state index in [4.69, 9.17) is 0 Å². The number of amides is 1. The highest BCUT2D eigenvalue weighted by molar-refractivity contribution is 9.10. The first-order chi connectivity index (χ1) is 12.7. The molecule has 0 radical (unpaired) electrons. The third kappa shape index (κ3) is 3.62. The van der Waals surface area contributed by atoms with Gasteiger partial charge in [-0.25, -0.2) is 0 Å². The molecule has 0 saturated carbocycles. The third-order valence-corrected chi connectivity index (χ3v) is 4.43. The lowest BCUT2D eigenvalue weighted by Crippen LogP contribution is -2.14. The van der Waals surface area contributed by atoms with Crippen LogP contribution in [0, 0.1) is 0 Å². The predicted molar refractivity (Wildman–Crippen MR) is 103 cm³/mol. The van der Waals surface area contributed by atoms with Gasteiger partial charge in [0, 0.05) is 15.7 Å². The van der Waals surface area contributed by atoms with Gasteiger partial charge in [0.15, 0.2) is 5.65 Å². The lowest BCUT2D eigenvalue weighted by molar-refractivity contribution is -0.115. The highest BCUT2D eigenvalue weighted by Crippen LogP contribution is 2.20. The number of carbonyl (C=O) groups excluding carboxylic acids is 1. The molecule has 4 aromatic rings. The summed E-state index contributed by atoms with van der Waals surface area (Å²) in [6.45, 7) is 0. The normalized spacial score (nSPS) is 10.8. The highest BCUT2D eigenvalue weighted by Gasteiger charge is 2.06. The van der Waals surface area contributed by atoms with E-state index in [1.165, 1.54) is 0 Å². The molecule has 2 heterocycles. The van der Waals surface area contributed by atoms with Gasteiger partial charge in [-0.15, -0.1) is 10.2 Å². The van der Waals surface area contributed by atoms with Crippen LogP contribution in [0.5, 0.6) is 0 Å². The quantitative estimate of drug-likeness (QED) is 0.559. The Balaban J connectivity index is 1.45. The van der Waals surface area contributed by atoms with Crippen molar-refractivity contribution in [2.45, 2.75) is 6.42 Å². The van der Waals surface area contributed by atoms with Gasteiger partial charge in [0.1, 0.15) is 6.33 Å². The Morgan fingerprint density at radius 2 is 1.77 bits per heavy atom. The van der Waals surface area contributed by atoms with Crippen LogP contribution in [-0.4, -0.2) is 25.7 Å². The van der Waals surface area contributed by atoms with Crippen LogP contribution in [-0.2, 0) is 11.2 Å². The molecule has 1 amide bonds. The lowest BCUT2D eigenvalue weighted by atomic mass is 10.1. The second-order valence-corrected chi connectivity index (χ2v) is 6.70. The number of nitrogens with one attached hydrogen (secondary N) is 1. The van der Waals surface area contributed by atoms with Crippen LogP contribution in [0.2, 0.25) is 0 Å². The van der Waals surface area contributed by atoms with Gasteiger partial charge in [0.05, 0.1) is 12.1 Å². The van der Waals surface area contributed by atoms with Gasteiger partial charge >= 0.3 is 0 Å². The van der Waals surface area contributed by atoms with Gasteiger partial charge in [0.25, 0.3) is 0 Å². The zero-order valence-corrected chi connectivity index (χ0v) is 15.2. The van der Waals surface area contributed by atoms with Crippen LogP contribution in [0.25, 0.3) is 16.9 Å². The number of carbonyl (C=O) groups is 1. The number of anilines is 1. The third-order valence-electron chi connectivity index (χ3n) is 3.90. The molecule has 0 aliphatic rings. The average Bonchev–Trinajstić information content (AvgIpc) is 3.12. The summed E-state index contributed by atoms with van der Waals surface area (Å²) in [5.74, 6) is -0.0518. The molecule has 2 aromatic carbocycles. The number of nitrogens with zero attached hydrogens (tertiary/aromatic N) is 4. The van der Waals surface area contributed by atoms with Gasteiger partial charge in [-0.1, -0.05) is 40.2 Å². The SMILES string of the molecule is O=C(Cc1ccc(Br)cc1)Nc1ccc(-c2ccc3nncn3n2)cc1. The van der Waals surface area contributed by atoms with Crippen molar-refractivity contribution >= 4 is 33.2 Å².